The molecule has 0 fully saturated rings. The smallest absolute Gasteiger partial charge is 0.303 e. The van der Waals surface area contributed by atoms with Gasteiger partial charge in [-0.15, -0.1) is 0 Å². The highest BCUT2D eigenvalue weighted by Crippen LogP contribution is 2.05. The zero-order valence-electron chi connectivity index (χ0n) is 9.16. The van der Waals surface area contributed by atoms with E-state index in [0.717, 1.165) is 0 Å². The third-order valence-electron chi connectivity index (χ3n) is 2.07. The zero-order valence-corrected chi connectivity index (χ0v) is 9.16. The number of hydrogen-bond acceptors (Lipinski definition) is 3. The molecule has 88 valence electrons. The van der Waals surface area contributed by atoms with Crippen molar-refractivity contribution in [3.05, 3.63) is 23.7 Å². The highest BCUT2D eigenvalue weighted by atomic mass is 16.4. The van der Waals surface area contributed by atoms with Gasteiger partial charge in [-0.1, -0.05) is 0 Å². The molecule has 2 N–H and O–H groups in total. The molecule has 0 aliphatic heterocycles. The van der Waals surface area contributed by atoms with Gasteiger partial charge in [0, 0.05) is 13.0 Å². The maximum atomic E-state index is 11.4. The summed E-state index contributed by atoms with van der Waals surface area (Å²) in [5, 5.41) is 11.1. The number of carbonyl (C=O) groups excluding carboxylic acids is 1. The van der Waals surface area contributed by atoms with Gasteiger partial charge >= 0.3 is 5.97 Å². The van der Waals surface area contributed by atoms with Crippen molar-refractivity contribution in [3.8, 4) is 0 Å². The first-order chi connectivity index (χ1) is 7.59. The summed E-state index contributed by atoms with van der Waals surface area (Å²) in [4.78, 5) is 21.7. The zero-order chi connectivity index (χ0) is 12.0. The standard InChI is InChI=1S/C11H15NO4/c1-8-5-6-9(16-8)11(15)12-7-3-2-4-10(13)14/h5-6H,2-4,7H2,1H3,(H,12,15)(H,13,14). The van der Waals surface area contributed by atoms with Gasteiger partial charge in [0.1, 0.15) is 5.76 Å². The lowest BCUT2D eigenvalue weighted by Crippen LogP contribution is -2.24. The Labute approximate surface area is 93.4 Å². The van der Waals surface area contributed by atoms with E-state index in [1.807, 2.05) is 0 Å². The minimum Gasteiger partial charge on any atom is -0.481 e. The van der Waals surface area contributed by atoms with E-state index in [1.165, 1.54) is 0 Å². The van der Waals surface area contributed by atoms with E-state index < -0.39 is 5.97 Å². The molecule has 0 aliphatic rings. The summed E-state index contributed by atoms with van der Waals surface area (Å²) in [5.41, 5.74) is 0. The van der Waals surface area contributed by atoms with Crippen LogP contribution in [0, 0.1) is 6.92 Å². The molecule has 0 unspecified atom stereocenters. The fourth-order valence-electron chi connectivity index (χ4n) is 1.25. The van der Waals surface area contributed by atoms with Gasteiger partial charge in [-0.25, -0.2) is 0 Å². The largest absolute Gasteiger partial charge is 0.481 e. The molecule has 16 heavy (non-hydrogen) atoms. The number of nitrogens with one attached hydrogen (secondary N) is 1. The van der Waals surface area contributed by atoms with E-state index in [-0.39, 0.29) is 18.1 Å². The first-order valence-corrected chi connectivity index (χ1v) is 5.16. The van der Waals surface area contributed by atoms with Crippen LogP contribution in [-0.2, 0) is 4.79 Å². The Hall–Kier alpha value is -1.78. The molecule has 1 aromatic rings. The molecule has 1 aromatic heterocycles. The topological polar surface area (TPSA) is 79.5 Å². The number of amides is 1. The SMILES string of the molecule is Cc1ccc(C(=O)NCCCCC(=O)O)o1. The number of carbonyl (C=O) groups is 2. The molecule has 1 amide bonds. The molecule has 0 saturated carbocycles. The molecule has 0 aromatic carbocycles. The van der Waals surface area contributed by atoms with Crippen LogP contribution in [0.1, 0.15) is 35.6 Å². The third kappa shape index (κ3) is 4.16. The number of rotatable bonds is 6. The Kier molecular flexibility index (Phi) is 4.57. The summed E-state index contributed by atoms with van der Waals surface area (Å²) >= 11 is 0. The highest BCUT2D eigenvalue weighted by Gasteiger charge is 2.08. The Balaban J connectivity index is 2.18. The van der Waals surface area contributed by atoms with Crippen molar-refractivity contribution in [2.24, 2.45) is 0 Å². The molecular formula is C11H15NO4. The van der Waals surface area contributed by atoms with Crippen molar-refractivity contribution in [2.45, 2.75) is 26.2 Å². The first kappa shape index (κ1) is 12.3. The van der Waals surface area contributed by atoms with Gasteiger partial charge in [0.25, 0.3) is 5.91 Å². The van der Waals surface area contributed by atoms with E-state index in [0.29, 0.717) is 25.1 Å². The number of carboxylic acid groups (broad SMARTS) is 1. The van der Waals surface area contributed by atoms with Gasteiger partial charge in [0.15, 0.2) is 5.76 Å². The summed E-state index contributed by atoms with van der Waals surface area (Å²) in [6, 6.07) is 3.33. The normalized spacial score (nSPS) is 10.1. The number of aliphatic carboxylic acids is 1. The second-order valence-electron chi connectivity index (χ2n) is 3.52. The van der Waals surface area contributed by atoms with Crippen LogP contribution in [-0.4, -0.2) is 23.5 Å². The van der Waals surface area contributed by atoms with Crippen molar-refractivity contribution in [2.75, 3.05) is 6.54 Å². The fourth-order valence-corrected chi connectivity index (χ4v) is 1.25. The number of carboxylic acids is 1. The lowest BCUT2D eigenvalue weighted by atomic mass is 10.2. The van der Waals surface area contributed by atoms with Crippen molar-refractivity contribution in [1.29, 1.82) is 0 Å². The Morgan fingerprint density at radius 2 is 2.12 bits per heavy atom. The average Bonchev–Trinajstić information content (AvgIpc) is 2.63. The van der Waals surface area contributed by atoms with Gasteiger partial charge in [0.05, 0.1) is 0 Å². The van der Waals surface area contributed by atoms with Crippen LogP contribution in [0.15, 0.2) is 16.5 Å². The minimum absolute atomic E-state index is 0.135. The number of hydrogen-bond donors (Lipinski definition) is 2. The summed E-state index contributed by atoms with van der Waals surface area (Å²) in [6.45, 7) is 2.23. The fraction of sp³-hybridized carbons (Fsp3) is 0.455. The van der Waals surface area contributed by atoms with Gasteiger partial charge in [-0.2, -0.15) is 0 Å². The molecule has 0 radical (unpaired) electrons. The molecule has 0 aliphatic carbocycles. The second kappa shape index (κ2) is 5.95. The lowest BCUT2D eigenvalue weighted by Gasteiger charge is -2.01. The summed E-state index contributed by atoms with van der Waals surface area (Å²) < 4.78 is 5.13. The number of aryl methyl sites for hydroxylation is 1. The summed E-state index contributed by atoms with van der Waals surface area (Å²) in [5.74, 6) is -0.0943. The summed E-state index contributed by atoms with van der Waals surface area (Å²) in [7, 11) is 0. The number of furan rings is 1. The van der Waals surface area contributed by atoms with Gasteiger partial charge < -0.3 is 14.8 Å². The Morgan fingerprint density at radius 1 is 1.38 bits per heavy atom. The van der Waals surface area contributed by atoms with Gasteiger partial charge in [-0.05, 0) is 31.9 Å². The highest BCUT2D eigenvalue weighted by molar-refractivity contribution is 5.91. The Bertz CT molecular complexity index is 370. The maximum Gasteiger partial charge on any atom is 0.303 e. The molecule has 1 rings (SSSR count). The molecule has 0 spiro atoms. The van der Waals surface area contributed by atoms with Gasteiger partial charge in [-0.3, -0.25) is 9.59 Å². The van der Waals surface area contributed by atoms with Crippen molar-refractivity contribution in [3.63, 3.8) is 0 Å². The first-order valence-electron chi connectivity index (χ1n) is 5.16. The summed E-state index contributed by atoms with van der Waals surface area (Å²) in [6.07, 6.45) is 1.35. The molecule has 5 nitrogen and oxygen atoms in total. The molecule has 0 atom stereocenters. The van der Waals surface area contributed by atoms with Crippen LogP contribution >= 0.6 is 0 Å². The molecule has 0 bridgehead atoms. The molecule has 0 saturated heterocycles. The Morgan fingerprint density at radius 3 is 2.69 bits per heavy atom. The van der Waals surface area contributed by atoms with Crippen LogP contribution in [0.25, 0.3) is 0 Å². The second-order valence-corrected chi connectivity index (χ2v) is 3.52. The van der Waals surface area contributed by atoms with E-state index >= 15 is 0 Å². The predicted octanol–water partition coefficient (Wildman–Crippen LogP) is 1.57. The van der Waals surface area contributed by atoms with Crippen LogP contribution in [0.3, 0.4) is 0 Å². The molecule has 5 heteroatoms. The van der Waals surface area contributed by atoms with E-state index in [4.69, 9.17) is 9.52 Å². The van der Waals surface area contributed by atoms with E-state index in [1.54, 1.807) is 19.1 Å². The van der Waals surface area contributed by atoms with E-state index in [9.17, 15) is 9.59 Å². The third-order valence-corrected chi connectivity index (χ3v) is 2.07. The van der Waals surface area contributed by atoms with Crippen molar-refractivity contribution >= 4 is 11.9 Å². The average molecular weight is 225 g/mol. The quantitative estimate of drug-likeness (QED) is 0.720. The van der Waals surface area contributed by atoms with Crippen molar-refractivity contribution in [1.82, 2.24) is 5.32 Å². The van der Waals surface area contributed by atoms with Gasteiger partial charge in [0.2, 0.25) is 0 Å². The molecule has 1 heterocycles. The van der Waals surface area contributed by atoms with E-state index in [2.05, 4.69) is 5.32 Å². The van der Waals surface area contributed by atoms with Crippen molar-refractivity contribution < 1.29 is 19.1 Å². The van der Waals surface area contributed by atoms with Crippen LogP contribution in [0.5, 0.6) is 0 Å². The van der Waals surface area contributed by atoms with Crippen LogP contribution in [0.2, 0.25) is 0 Å². The maximum absolute atomic E-state index is 11.4. The predicted molar refractivity (Wildman–Crippen MR) is 57.3 cm³/mol. The minimum atomic E-state index is -0.812. The monoisotopic (exact) mass is 225 g/mol. The van der Waals surface area contributed by atoms with Crippen LogP contribution < -0.4 is 5.32 Å². The lowest BCUT2D eigenvalue weighted by molar-refractivity contribution is -0.137. The van der Waals surface area contributed by atoms with Crippen LogP contribution in [0.4, 0.5) is 0 Å². The number of unbranched alkanes of at least 4 members (excludes halogenated alkanes) is 1. The molecular weight excluding hydrogens is 210 g/mol.